The van der Waals surface area contributed by atoms with Crippen LogP contribution in [0.15, 0.2) is 12.1 Å². The van der Waals surface area contributed by atoms with Gasteiger partial charge in [-0.3, -0.25) is 4.90 Å². The summed E-state index contributed by atoms with van der Waals surface area (Å²) >= 11 is 6.23. The zero-order valence-corrected chi connectivity index (χ0v) is 13.1. The molecule has 1 aromatic carbocycles. The highest BCUT2D eigenvalue weighted by Gasteiger charge is 2.33. The molecule has 1 aromatic rings. The number of nitrogens with two attached hydrogens (primary N) is 1. The molecule has 2 saturated heterocycles. The molecule has 3 rings (SSSR count). The normalized spacial score (nSPS) is 22.0. The Bertz CT molecular complexity index is 590. The van der Waals surface area contributed by atoms with Gasteiger partial charge < -0.3 is 15.6 Å². The van der Waals surface area contributed by atoms with E-state index in [1.165, 1.54) is 6.07 Å². The number of anilines is 1. The second-order valence-electron chi connectivity index (χ2n) is 6.09. The van der Waals surface area contributed by atoms with E-state index < -0.39 is 6.10 Å². The van der Waals surface area contributed by atoms with Gasteiger partial charge in [0.15, 0.2) is 0 Å². The first kappa shape index (κ1) is 15.6. The number of aliphatic hydroxyl groups is 1. The standard InChI is InChI=1S/C16H20ClN3O2/c17-15-13(5-10(7-18)6-14(15)19)16(21)11-1-3-20(4-2-11)12-8-22-9-12/h5-6,11-12,16,21H,1-4,8-9,19H2. The highest BCUT2D eigenvalue weighted by atomic mass is 35.5. The van der Waals surface area contributed by atoms with Crippen LogP contribution in [0, 0.1) is 17.2 Å². The van der Waals surface area contributed by atoms with Crippen molar-refractivity contribution in [2.75, 3.05) is 32.0 Å². The van der Waals surface area contributed by atoms with Crippen LogP contribution in [0.1, 0.15) is 30.1 Å². The molecule has 22 heavy (non-hydrogen) atoms. The predicted octanol–water partition coefficient (Wildman–Crippen LogP) is 1.94. The van der Waals surface area contributed by atoms with Crippen LogP contribution in [0.3, 0.4) is 0 Å². The first-order valence-electron chi connectivity index (χ1n) is 7.59. The van der Waals surface area contributed by atoms with E-state index in [4.69, 9.17) is 27.3 Å². The first-order valence-corrected chi connectivity index (χ1v) is 7.97. The minimum absolute atomic E-state index is 0.142. The summed E-state index contributed by atoms with van der Waals surface area (Å²) in [6.07, 6.45) is 1.14. The van der Waals surface area contributed by atoms with Gasteiger partial charge in [0.05, 0.1) is 47.7 Å². The van der Waals surface area contributed by atoms with Crippen molar-refractivity contribution in [1.82, 2.24) is 4.90 Å². The Morgan fingerprint density at radius 1 is 1.36 bits per heavy atom. The zero-order chi connectivity index (χ0) is 15.7. The molecule has 0 radical (unpaired) electrons. The fourth-order valence-electron chi connectivity index (χ4n) is 3.24. The Labute approximate surface area is 135 Å². The summed E-state index contributed by atoms with van der Waals surface area (Å²) in [6, 6.07) is 5.79. The average Bonchev–Trinajstić information content (AvgIpc) is 2.48. The van der Waals surface area contributed by atoms with Gasteiger partial charge in [-0.1, -0.05) is 11.6 Å². The number of ether oxygens (including phenoxy) is 1. The van der Waals surface area contributed by atoms with Gasteiger partial charge in [0.1, 0.15) is 0 Å². The molecule has 2 aliphatic rings. The van der Waals surface area contributed by atoms with Gasteiger partial charge >= 0.3 is 0 Å². The van der Waals surface area contributed by atoms with Crippen molar-refractivity contribution in [2.24, 2.45) is 5.92 Å². The van der Waals surface area contributed by atoms with Crippen LogP contribution in [0.5, 0.6) is 0 Å². The highest BCUT2D eigenvalue weighted by Crippen LogP contribution is 2.37. The molecular weight excluding hydrogens is 302 g/mol. The Morgan fingerprint density at radius 3 is 2.59 bits per heavy atom. The molecule has 0 aliphatic carbocycles. The van der Waals surface area contributed by atoms with Crippen LogP contribution >= 0.6 is 11.6 Å². The quantitative estimate of drug-likeness (QED) is 0.831. The number of nitrogens with zero attached hydrogens (tertiary/aromatic N) is 2. The Hall–Kier alpha value is -1.32. The van der Waals surface area contributed by atoms with E-state index >= 15 is 0 Å². The molecule has 3 N–H and O–H groups in total. The molecule has 6 heteroatoms. The maximum Gasteiger partial charge on any atom is 0.0992 e. The third kappa shape index (κ3) is 2.92. The van der Waals surface area contributed by atoms with E-state index in [9.17, 15) is 5.11 Å². The van der Waals surface area contributed by atoms with Crippen LogP contribution in [0.25, 0.3) is 0 Å². The number of piperidine rings is 1. The lowest BCUT2D eigenvalue weighted by atomic mass is 9.86. The molecule has 2 fully saturated rings. The van der Waals surface area contributed by atoms with Gasteiger partial charge in [0.2, 0.25) is 0 Å². The van der Waals surface area contributed by atoms with Crippen molar-refractivity contribution in [3.05, 3.63) is 28.3 Å². The van der Waals surface area contributed by atoms with E-state index in [0.717, 1.165) is 39.1 Å². The summed E-state index contributed by atoms with van der Waals surface area (Å²) in [6.45, 7) is 3.56. The number of rotatable bonds is 3. The number of nitrogen functional groups attached to an aromatic ring is 1. The van der Waals surface area contributed by atoms with E-state index in [1.807, 2.05) is 0 Å². The van der Waals surface area contributed by atoms with Crippen LogP contribution < -0.4 is 5.73 Å². The van der Waals surface area contributed by atoms with Crippen molar-refractivity contribution in [3.8, 4) is 6.07 Å². The Morgan fingerprint density at radius 2 is 2.05 bits per heavy atom. The summed E-state index contributed by atoms with van der Waals surface area (Å²) < 4.78 is 5.23. The Kier molecular flexibility index (Phi) is 4.55. The maximum absolute atomic E-state index is 10.7. The second-order valence-corrected chi connectivity index (χ2v) is 6.47. The van der Waals surface area contributed by atoms with Crippen LogP contribution in [-0.4, -0.2) is 42.4 Å². The molecule has 0 amide bonds. The topological polar surface area (TPSA) is 82.5 Å². The lowest BCUT2D eigenvalue weighted by Gasteiger charge is -2.42. The van der Waals surface area contributed by atoms with Gasteiger partial charge in [0.25, 0.3) is 0 Å². The minimum atomic E-state index is -0.678. The van der Waals surface area contributed by atoms with Crippen LogP contribution in [0.2, 0.25) is 5.02 Å². The van der Waals surface area contributed by atoms with Crippen molar-refractivity contribution in [2.45, 2.75) is 25.0 Å². The summed E-state index contributed by atoms with van der Waals surface area (Å²) in [5.74, 6) is 0.142. The Balaban J connectivity index is 1.70. The number of hydrogen-bond donors (Lipinski definition) is 2. The molecule has 0 saturated carbocycles. The SMILES string of the molecule is N#Cc1cc(N)c(Cl)c(C(O)C2CCN(C3COC3)CC2)c1. The lowest BCUT2D eigenvalue weighted by molar-refractivity contribution is -0.0794. The average molecular weight is 322 g/mol. The summed E-state index contributed by atoms with van der Waals surface area (Å²) in [7, 11) is 0. The largest absolute Gasteiger partial charge is 0.397 e. The van der Waals surface area contributed by atoms with Crippen molar-refractivity contribution in [3.63, 3.8) is 0 Å². The van der Waals surface area contributed by atoms with E-state index in [-0.39, 0.29) is 5.92 Å². The highest BCUT2D eigenvalue weighted by molar-refractivity contribution is 6.34. The predicted molar refractivity (Wildman–Crippen MR) is 84.4 cm³/mol. The summed E-state index contributed by atoms with van der Waals surface area (Å²) in [5.41, 5.74) is 7.18. The fourth-order valence-corrected chi connectivity index (χ4v) is 3.46. The van der Waals surface area contributed by atoms with Gasteiger partial charge in [-0.15, -0.1) is 0 Å². The number of benzene rings is 1. The molecule has 118 valence electrons. The summed E-state index contributed by atoms with van der Waals surface area (Å²) in [4.78, 5) is 2.42. The molecular formula is C16H20ClN3O2. The van der Waals surface area contributed by atoms with E-state index in [0.29, 0.717) is 27.9 Å². The monoisotopic (exact) mass is 321 g/mol. The third-order valence-electron chi connectivity index (χ3n) is 4.73. The van der Waals surface area contributed by atoms with E-state index in [2.05, 4.69) is 11.0 Å². The summed E-state index contributed by atoms with van der Waals surface area (Å²) in [5, 5.41) is 20.1. The number of aliphatic hydroxyl groups excluding tert-OH is 1. The fraction of sp³-hybridized carbons (Fsp3) is 0.562. The molecule has 1 unspecified atom stereocenters. The molecule has 5 nitrogen and oxygen atoms in total. The number of halogens is 1. The number of likely N-dealkylation sites (tertiary alicyclic amines) is 1. The molecule has 1 atom stereocenters. The van der Waals surface area contributed by atoms with Crippen molar-refractivity contribution < 1.29 is 9.84 Å². The molecule has 0 bridgehead atoms. The minimum Gasteiger partial charge on any atom is -0.397 e. The third-order valence-corrected chi connectivity index (χ3v) is 5.17. The lowest BCUT2D eigenvalue weighted by Crippen LogP contribution is -2.52. The molecule has 0 spiro atoms. The van der Waals surface area contributed by atoms with Crippen molar-refractivity contribution in [1.29, 1.82) is 5.26 Å². The molecule has 2 aliphatic heterocycles. The van der Waals surface area contributed by atoms with Gasteiger partial charge in [0, 0.05) is 5.56 Å². The van der Waals surface area contributed by atoms with Crippen molar-refractivity contribution >= 4 is 17.3 Å². The number of nitriles is 1. The van der Waals surface area contributed by atoms with Gasteiger partial charge in [-0.05, 0) is 44.0 Å². The van der Waals surface area contributed by atoms with Crippen LogP contribution in [-0.2, 0) is 4.74 Å². The molecule has 2 heterocycles. The molecule has 0 aromatic heterocycles. The number of hydrogen-bond acceptors (Lipinski definition) is 5. The smallest absolute Gasteiger partial charge is 0.0992 e. The van der Waals surface area contributed by atoms with Gasteiger partial charge in [-0.25, -0.2) is 0 Å². The first-order chi connectivity index (χ1) is 10.6. The zero-order valence-electron chi connectivity index (χ0n) is 12.3. The second kappa shape index (κ2) is 6.43. The van der Waals surface area contributed by atoms with Gasteiger partial charge in [-0.2, -0.15) is 5.26 Å². The van der Waals surface area contributed by atoms with Crippen LogP contribution in [0.4, 0.5) is 5.69 Å². The van der Waals surface area contributed by atoms with E-state index in [1.54, 1.807) is 6.07 Å². The maximum atomic E-state index is 10.7.